The third-order valence-electron chi connectivity index (χ3n) is 4.55. The fraction of sp³-hybridized carbons (Fsp3) is 0.688. The van der Waals surface area contributed by atoms with Crippen LogP contribution in [-0.2, 0) is 0 Å². The fourth-order valence-corrected chi connectivity index (χ4v) is 2.69. The van der Waals surface area contributed by atoms with Crippen molar-refractivity contribution in [2.24, 2.45) is 0 Å². The zero-order chi connectivity index (χ0) is 14.5. The monoisotopic (exact) mass is 276 g/mol. The van der Waals surface area contributed by atoms with Crippen molar-refractivity contribution in [1.29, 1.82) is 0 Å². The number of piperazine rings is 1. The average Bonchev–Trinajstić information content (AvgIpc) is 2.53. The van der Waals surface area contributed by atoms with E-state index in [9.17, 15) is 0 Å². The van der Waals surface area contributed by atoms with Crippen molar-refractivity contribution in [3.63, 3.8) is 0 Å². The molecule has 0 saturated carbocycles. The summed E-state index contributed by atoms with van der Waals surface area (Å²) >= 11 is 0. The number of pyridine rings is 1. The molecule has 1 aliphatic heterocycles. The summed E-state index contributed by atoms with van der Waals surface area (Å²) in [5, 5.41) is 3.29. The molecule has 1 aliphatic rings. The highest BCUT2D eigenvalue weighted by Crippen LogP contribution is 2.20. The van der Waals surface area contributed by atoms with E-state index in [1.165, 1.54) is 12.0 Å². The third kappa shape index (κ3) is 3.49. The number of nitrogens with zero attached hydrogens (tertiary/aromatic N) is 3. The molecule has 0 bridgehead atoms. The van der Waals surface area contributed by atoms with E-state index in [0.717, 1.165) is 32.0 Å². The molecule has 1 saturated heterocycles. The first kappa shape index (κ1) is 15.3. The van der Waals surface area contributed by atoms with Crippen molar-refractivity contribution in [2.75, 3.05) is 38.1 Å². The summed E-state index contributed by atoms with van der Waals surface area (Å²) in [5.41, 5.74) is 1.31. The van der Waals surface area contributed by atoms with E-state index in [1.807, 2.05) is 13.2 Å². The van der Waals surface area contributed by atoms with E-state index >= 15 is 0 Å². The molecule has 2 atom stereocenters. The van der Waals surface area contributed by atoms with Crippen LogP contribution in [0.5, 0.6) is 0 Å². The summed E-state index contributed by atoms with van der Waals surface area (Å²) in [7, 11) is 2.00. The smallest absolute Gasteiger partial charge is 0.128 e. The molecule has 0 aromatic carbocycles. The molecule has 0 radical (unpaired) electrons. The number of hydrogen-bond acceptors (Lipinski definition) is 4. The standard InChI is InChI=1S/C16H28N4/c1-5-13(2)19-8-10-20(11-9-19)16-12-15(6-7-18-16)14(3)17-4/h6-7,12-14,17H,5,8-11H2,1-4H3. The Morgan fingerprint density at radius 3 is 2.55 bits per heavy atom. The van der Waals surface area contributed by atoms with Crippen molar-refractivity contribution in [3.05, 3.63) is 23.9 Å². The van der Waals surface area contributed by atoms with Crippen molar-refractivity contribution in [3.8, 4) is 0 Å². The summed E-state index contributed by atoms with van der Waals surface area (Å²) in [4.78, 5) is 9.54. The second-order valence-corrected chi connectivity index (χ2v) is 5.74. The molecular formula is C16H28N4. The lowest BCUT2D eigenvalue weighted by molar-refractivity contribution is 0.192. The highest BCUT2D eigenvalue weighted by Gasteiger charge is 2.21. The van der Waals surface area contributed by atoms with Gasteiger partial charge in [-0.2, -0.15) is 0 Å². The molecule has 0 spiro atoms. The first-order valence-electron chi connectivity index (χ1n) is 7.78. The molecular weight excluding hydrogens is 248 g/mol. The van der Waals surface area contributed by atoms with Gasteiger partial charge in [0.2, 0.25) is 0 Å². The van der Waals surface area contributed by atoms with Crippen LogP contribution in [0.4, 0.5) is 5.82 Å². The lowest BCUT2D eigenvalue weighted by atomic mass is 10.1. The molecule has 2 heterocycles. The van der Waals surface area contributed by atoms with Crippen LogP contribution in [-0.4, -0.2) is 49.2 Å². The third-order valence-corrected chi connectivity index (χ3v) is 4.55. The first-order chi connectivity index (χ1) is 9.65. The lowest BCUT2D eigenvalue weighted by Gasteiger charge is -2.38. The number of hydrogen-bond donors (Lipinski definition) is 1. The molecule has 4 nitrogen and oxygen atoms in total. The van der Waals surface area contributed by atoms with Gasteiger partial charge in [-0.3, -0.25) is 4.90 Å². The normalized spacial score (nSPS) is 19.9. The second-order valence-electron chi connectivity index (χ2n) is 5.74. The Balaban J connectivity index is 2.00. The number of aromatic nitrogens is 1. The maximum absolute atomic E-state index is 4.55. The molecule has 2 unspecified atom stereocenters. The predicted molar refractivity (Wildman–Crippen MR) is 85.3 cm³/mol. The van der Waals surface area contributed by atoms with Gasteiger partial charge in [0.05, 0.1) is 0 Å². The average molecular weight is 276 g/mol. The minimum absolute atomic E-state index is 0.373. The van der Waals surface area contributed by atoms with Gasteiger partial charge in [0.15, 0.2) is 0 Å². The van der Waals surface area contributed by atoms with Crippen LogP contribution in [0.3, 0.4) is 0 Å². The molecule has 112 valence electrons. The minimum atomic E-state index is 0.373. The summed E-state index contributed by atoms with van der Waals surface area (Å²) in [6.07, 6.45) is 3.16. The van der Waals surface area contributed by atoms with E-state index in [0.29, 0.717) is 12.1 Å². The van der Waals surface area contributed by atoms with Gasteiger partial charge in [-0.05, 0) is 45.0 Å². The highest BCUT2D eigenvalue weighted by molar-refractivity contribution is 5.42. The molecule has 0 aliphatic carbocycles. The van der Waals surface area contributed by atoms with E-state index < -0.39 is 0 Å². The van der Waals surface area contributed by atoms with E-state index in [2.05, 4.69) is 53.0 Å². The van der Waals surface area contributed by atoms with Gasteiger partial charge in [0, 0.05) is 44.5 Å². The molecule has 4 heteroatoms. The molecule has 1 aromatic heterocycles. The van der Waals surface area contributed by atoms with Gasteiger partial charge in [0.25, 0.3) is 0 Å². The number of nitrogens with one attached hydrogen (secondary N) is 1. The van der Waals surface area contributed by atoms with Crippen LogP contribution >= 0.6 is 0 Å². The van der Waals surface area contributed by atoms with Crippen molar-refractivity contribution < 1.29 is 0 Å². The van der Waals surface area contributed by atoms with Gasteiger partial charge in [-0.15, -0.1) is 0 Å². The van der Waals surface area contributed by atoms with Crippen LogP contribution in [0.1, 0.15) is 38.8 Å². The van der Waals surface area contributed by atoms with Crippen molar-refractivity contribution in [2.45, 2.75) is 39.3 Å². The second kappa shape index (κ2) is 7.04. The zero-order valence-electron chi connectivity index (χ0n) is 13.3. The summed E-state index contributed by atoms with van der Waals surface area (Å²) in [6.45, 7) is 11.2. The lowest BCUT2D eigenvalue weighted by Crippen LogP contribution is -2.49. The first-order valence-corrected chi connectivity index (χ1v) is 7.78. The zero-order valence-corrected chi connectivity index (χ0v) is 13.3. The Labute approximate surface area is 123 Å². The van der Waals surface area contributed by atoms with Crippen LogP contribution in [0, 0.1) is 0 Å². The van der Waals surface area contributed by atoms with Crippen molar-refractivity contribution in [1.82, 2.24) is 15.2 Å². The summed E-state index contributed by atoms with van der Waals surface area (Å²) < 4.78 is 0. The summed E-state index contributed by atoms with van der Waals surface area (Å²) in [6, 6.07) is 5.39. The van der Waals surface area contributed by atoms with Crippen LogP contribution in [0.2, 0.25) is 0 Å². The van der Waals surface area contributed by atoms with E-state index in [1.54, 1.807) is 0 Å². The van der Waals surface area contributed by atoms with Crippen LogP contribution in [0.25, 0.3) is 0 Å². The number of rotatable bonds is 5. The number of anilines is 1. The predicted octanol–water partition coefficient (Wildman–Crippen LogP) is 2.28. The quantitative estimate of drug-likeness (QED) is 0.894. The summed E-state index contributed by atoms with van der Waals surface area (Å²) in [5.74, 6) is 1.12. The fourth-order valence-electron chi connectivity index (χ4n) is 2.69. The Kier molecular flexibility index (Phi) is 5.38. The molecule has 1 fully saturated rings. The van der Waals surface area contributed by atoms with Gasteiger partial charge >= 0.3 is 0 Å². The maximum atomic E-state index is 4.55. The van der Waals surface area contributed by atoms with Gasteiger partial charge < -0.3 is 10.2 Å². The highest BCUT2D eigenvalue weighted by atomic mass is 15.3. The molecule has 1 N–H and O–H groups in total. The molecule has 20 heavy (non-hydrogen) atoms. The van der Waals surface area contributed by atoms with Crippen LogP contribution in [0.15, 0.2) is 18.3 Å². The van der Waals surface area contributed by atoms with Crippen LogP contribution < -0.4 is 10.2 Å². The van der Waals surface area contributed by atoms with Crippen molar-refractivity contribution >= 4 is 5.82 Å². The van der Waals surface area contributed by atoms with E-state index in [4.69, 9.17) is 0 Å². The molecule has 0 amide bonds. The largest absolute Gasteiger partial charge is 0.354 e. The Bertz CT molecular complexity index is 413. The Morgan fingerprint density at radius 2 is 1.95 bits per heavy atom. The minimum Gasteiger partial charge on any atom is -0.354 e. The van der Waals surface area contributed by atoms with Gasteiger partial charge in [0.1, 0.15) is 5.82 Å². The van der Waals surface area contributed by atoms with Gasteiger partial charge in [-0.1, -0.05) is 6.92 Å². The topological polar surface area (TPSA) is 31.4 Å². The molecule has 1 aromatic rings. The Morgan fingerprint density at radius 1 is 1.25 bits per heavy atom. The maximum Gasteiger partial charge on any atom is 0.128 e. The van der Waals surface area contributed by atoms with E-state index in [-0.39, 0.29) is 0 Å². The SMILES string of the molecule is CCC(C)N1CCN(c2cc(C(C)NC)ccn2)CC1. The van der Waals surface area contributed by atoms with Gasteiger partial charge in [-0.25, -0.2) is 4.98 Å². The molecule has 2 rings (SSSR count). The Hall–Kier alpha value is -1.13.